The Bertz CT molecular complexity index is 1230. The van der Waals surface area contributed by atoms with Crippen LogP contribution >= 0.6 is 0 Å². The van der Waals surface area contributed by atoms with Gasteiger partial charge < -0.3 is 10.1 Å². The fraction of sp³-hybridized carbons (Fsp3) is 0.757. The Balaban J connectivity index is 1.25. The van der Waals surface area contributed by atoms with E-state index in [1.807, 2.05) is 6.07 Å². The largest absolute Gasteiger partial charge is 0.369 e. The maximum absolute atomic E-state index is 14.3. The normalized spacial score (nSPS) is 47.8. The van der Waals surface area contributed by atoms with E-state index < -0.39 is 0 Å². The van der Waals surface area contributed by atoms with Gasteiger partial charge in [-0.25, -0.2) is 0 Å². The molecular formula is C37H53NO2. The monoisotopic (exact) mass is 543 g/mol. The molecule has 40 heavy (non-hydrogen) atoms. The molecule has 1 aromatic rings. The molecule has 9 atom stereocenters. The summed E-state index contributed by atoms with van der Waals surface area (Å²) >= 11 is 0. The molecule has 5 fully saturated rings. The van der Waals surface area contributed by atoms with Crippen molar-refractivity contribution in [2.24, 2.45) is 50.2 Å². The standard InChI is InChI=1S/C37H53NO2/c1-32(2)17-19-37(31(39)38-23-24-11-9-8-10-12-24)20-18-35(6)25(26(37)21-32)13-14-29-34(5)22-27-30(40-27)33(3,4)28(34)15-16-36(29,35)7/h8-13,26-30H,14-23H2,1-7H3,(H,38,39)/t26-,27-,28-,29+,30-,34-,35+,36+,37-/m0/s1. The first-order chi connectivity index (χ1) is 18.8. The molecule has 3 heteroatoms. The number of allylic oxidation sites excluding steroid dienone is 2. The van der Waals surface area contributed by atoms with Crippen LogP contribution in [0.2, 0.25) is 0 Å². The van der Waals surface area contributed by atoms with Crippen LogP contribution in [-0.2, 0) is 16.1 Å². The van der Waals surface area contributed by atoms with E-state index in [1.54, 1.807) is 5.57 Å². The van der Waals surface area contributed by atoms with E-state index in [4.69, 9.17) is 4.74 Å². The summed E-state index contributed by atoms with van der Waals surface area (Å²) < 4.78 is 6.32. The van der Waals surface area contributed by atoms with Crippen molar-refractivity contribution in [2.75, 3.05) is 0 Å². The fourth-order valence-corrected chi connectivity index (χ4v) is 12.1. The second-order valence-electron chi connectivity index (χ2n) is 17.2. The van der Waals surface area contributed by atoms with Gasteiger partial charge in [0.25, 0.3) is 0 Å². The first-order valence-electron chi connectivity index (χ1n) is 16.5. The quantitative estimate of drug-likeness (QED) is 0.307. The Kier molecular flexibility index (Phi) is 5.78. The minimum atomic E-state index is -0.262. The van der Waals surface area contributed by atoms with Crippen LogP contribution in [0, 0.1) is 50.2 Å². The van der Waals surface area contributed by atoms with E-state index >= 15 is 0 Å². The molecule has 1 amide bonds. The number of epoxide rings is 1. The summed E-state index contributed by atoms with van der Waals surface area (Å²) in [6.07, 6.45) is 14.2. The number of amides is 1. The average Bonchev–Trinajstić information content (AvgIpc) is 3.68. The molecule has 1 aromatic carbocycles. The summed E-state index contributed by atoms with van der Waals surface area (Å²) in [6, 6.07) is 10.4. The van der Waals surface area contributed by atoms with E-state index in [0.29, 0.717) is 41.9 Å². The van der Waals surface area contributed by atoms with E-state index in [-0.39, 0.29) is 27.1 Å². The molecule has 0 aromatic heterocycles. The van der Waals surface area contributed by atoms with Gasteiger partial charge in [-0.3, -0.25) is 4.79 Å². The maximum atomic E-state index is 14.3. The zero-order valence-corrected chi connectivity index (χ0v) is 26.2. The molecular weight excluding hydrogens is 490 g/mol. The lowest BCUT2D eigenvalue weighted by Crippen LogP contribution is -2.65. The van der Waals surface area contributed by atoms with Crippen molar-refractivity contribution in [2.45, 2.75) is 125 Å². The van der Waals surface area contributed by atoms with Crippen molar-refractivity contribution in [1.29, 1.82) is 0 Å². The maximum Gasteiger partial charge on any atom is 0.227 e. The summed E-state index contributed by atoms with van der Waals surface area (Å²) in [5.41, 5.74) is 3.91. The van der Waals surface area contributed by atoms with Gasteiger partial charge in [-0.1, -0.05) is 90.4 Å². The number of carbonyl (C=O) groups is 1. The average molecular weight is 544 g/mol. The molecule has 1 heterocycles. The van der Waals surface area contributed by atoms with Crippen LogP contribution in [0.5, 0.6) is 0 Å². The van der Waals surface area contributed by atoms with Gasteiger partial charge in [0.2, 0.25) is 5.91 Å². The number of benzene rings is 1. The topological polar surface area (TPSA) is 41.6 Å². The Hall–Kier alpha value is -1.61. The summed E-state index contributed by atoms with van der Waals surface area (Å²) in [4.78, 5) is 14.3. The second kappa shape index (κ2) is 8.48. The minimum Gasteiger partial charge on any atom is -0.369 e. The molecule has 6 aliphatic rings. The number of ether oxygens (including phenoxy) is 1. The number of fused-ring (bicyclic) bond motifs is 8. The number of carbonyl (C=O) groups excluding carboxylic acids is 1. The third-order valence-electron chi connectivity index (χ3n) is 14.5. The van der Waals surface area contributed by atoms with Gasteiger partial charge in [0.1, 0.15) is 0 Å². The van der Waals surface area contributed by atoms with Gasteiger partial charge in [0, 0.05) is 6.54 Å². The van der Waals surface area contributed by atoms with Gasteiger partial charge in [-0.05, 0) is 108 Å². The molecule has 0 unspecified atom stereocenters. The molecule has 4 saturated carbocycles. The van der Waals surface area contributed by atoms with E-state index in [0.717, 1.165) is 38.0 Å². The third-order valence-corrected chi connectivity index (χ3v) is 14.5. The molecule has 0 spiro atoms. The highest BCUT2D eigenvalue weighted by molar-refractivity contribution is 5.84. The number of nitrogens with one attached hydrogen (secondary N) is 1. The van der Waals surface area contributed by atoms with Crippen molar-refractivity contribution < 1.29 is 9.53 Å². The first kappa shape index (κ1) is 27.2. The molecule has 3 nitrogen and oxygen atoms in total. The van der Waals surface area contributed by atoms with Crippen LogP contribution < -0.4 is 5.32 Å². The van der Waals surface area contributed by atoms with E-state index in [2.05, 4.69) is 84.1 Å². The first-order valence-corrected chi connectivity index (χ1v) is 16.5. The molecule has 7 rings (SSSR count). The number of hydrogen-bond donors (Lipinski definition) is 1. The lowest BCUT2D eigenvalue weighted by atomic mass is 9.33. The van der Waals surface area contributed by atoms with Crippen LogP contribution in [0.3, 0.4) is 0 Å². The van der Waals surface area contributed by atoms with Crippen LogP contribution in [0.25, 0.3) is 0 Å². The van der Waals surface area contributed by atoms with Crippen LogP contribution in [0.1, 0.15) is 112 Å². The fourth-order valence-electron chi connectivity index (χ4n) is 12.1. The lowest BCUT2D eigenvalue weighted by molar-refractivity contribution is -0.178. The second-order valence-corrected chi connectivity index (χ2v) is 17.2. The Morgan fingerprint density at radius 1 is 0.900 bits per heavy atom. The Morgan fingerprint density at radius 3 is 2.38 bits per heavy atom. The van der Waals surface area contributed by atoms with Crippen molar-refractivity contribution in [3.05, 3.63) is 47.5 Å². The summed E-state index contributed by atoms with van der Waals surface area (Å²) in [6.45, 7) is 18.5. The molecule has 1 N–H and O–H groups in total. The van der Waals surface area contributed by atoms with Gasteiger partial charge in [-0.2, -0.15) is 0 Å². The van der Waals surface area contributed by atoms with Crippen LogP contribution in [-0.4, -0.2) is 18.1 Å². The molecule has 218 valence electrons. The zero-order chi connectivity index (χ0) is 28.3. The van der Waals surface area contributed by atoms with E-state index in [9.17, 15) is 4.79 Å². The number of rotatable bonds is 3. The lowest BCUT2D eigenvalue weighted by Gasteiger charge is -2.70. The highest BCUT2D eigenvalue weighted by atomic mass is 16.6. The molecule has 0 radical (unpaired) electrons. The SMILES string of the molecule is CC1(C)CC[C@]2(C(=O)NCc3ccccc3)CC[C@]3(C)C(=CC[C@@H]4[C@@]5(C)C[C@@H]6O[C@@H]6C(C)(C)[C@@H]5CC[C@]43C)[C@@H]2C1. The smallest absolute Gasteiger partial charge is 0.227 e. The summed E-state index contributed by atoms with van der Waals surface area (Å²) in [5.74, 6) is 2.09. The highest BCUT2D eigenvalue weighted by Gasteiger charge is 2.72. The van der Waals surface area contributed by atoms with Crippen molar-refractivity contribution in [3.63, 3.8) is 0 Å². The zero-order valence-electron chi connectivity index (χ0n) is 26.2. The van der Waals surface area contributed by atoms with Crippen molar-refractivity contribution in [1.82, 2.24) is 5.32 Å². The summed E-state index contributed by atoms with van der Waals surface area (Å²) in [5, 5.41) is 3.44. The van der Waals surface area contributed by atoms with Gasteiger partial charge in [-0.15, -0.1) is 0 Å². The van der Waals surface area contributed by atoms with Crippen molar-refractivity contribution in [3.8, 4) is 0 Å². The van der Waals surface area contributed by atoms with Crippen molar-refractivity contribution >= 4 is 5.91 Å². The Morgan fingerprint density at radius 2 is 1.62 bits per heavy atom. The van der Waals surface area contributed by atoms with E-state index in [1.165, 1.54) is 31.2 Å². The van der Waals surface area contributed by atoms with Crippen LogP contribution in [0.4, 0.5) is 0 Å². The predicted molar refractivity (Wildman–Crippen MR) is 161 cm³/mol. The van der Waals surface area contributed by atoms with Gasteiger partial charge in [0.05, 0.1) is 17.6 Å². The Labute approximate surface area is 243 Å². The third kappa shape index (κ3) is 3.54. The van der Waals surface area contributed by atoms with Gasteiger partial charge in [0.15, 0.2) is 0 Å². The van der Waals surface area contributed by atoms with Gasteiger partial charge >= 0.3 is 0 Å². The molecule has 0 bridgehead atoms. The summed E-state index contributed by atoms with van der Waals surface area (Å²) in [7, 11) is 0. The minimum absolute atomic E-state index is 0.163. The highest BCUT2D eigenvalue weighted by Crippen LogP contribution is 2.77. The predicted octanol–water partition coefficient (Wildman–Crippen LogP) is 8.48. The molecule has 1 saturated heterocycles. The molecule has 5 aliphatic carbocycles. The molecule has 1 aliphatic heterocycles. The number of hydrogen-bond acceptors (Lipinski definition) is 2. The van der Waals surface area contributed by atoms with Crippen LogP contribution in [0.15, 0.2) is 42.0 Å².